The van der Waals surface area contributed by atoms with E-state index in [0.717, 1.165) is 10.9 Å². The number of amides is 1. The number of nitrogens with zero attached hydrogens (tertiary/aromatic N) is 2. The minimum atomic E-state index is 0.0585. The fraction of sp³-hybridized carbons (Fsp3) is 0.571. The second-order valence-corrected chi connectivity index (χ2v) is 6.07. The van der Waals surface area contributed by atoms with E-state index < -0.39 is 0 Å². The summed E-state index contributed by atoms with van der Waals surface area (Å²) in [6.45, 7) is 6.24. The Morgan fingerprint density at radius 2 is 2.42 bits per heavy atom. The second-order valence-electron chi connectivity index (χ2n) is 5.21. The van der Waals surface area contributed by atoms with Gasteiger partial charge in [0.05, 0.1) is 24.8 Å². The zero-order valence-corrected chi connectivity index (χ0v) is 12.9. The van der Waals surface area contributed by atoms with Crippen molar-refractivity contribution in [3.8, 4) is 0 Å². The molecule has 5 heteroatoms. The maximum Gasteiger partial charge on any atom is 0.255 e. The first-order valence-electron chi connectivity index (χ1n) is 6.58. The molecule has 2 rings (SSSR count). The Balaban J connectivity index is 2.18. The summed E-state index contributed by atoms with van der Waals surface area (Å²) in [6.07, 6.45) is 4.27. The van der Waals surface area contributed by atoms with E-state index in [4.69, 9.17) is 4.74 Å². The molecule has 1 fully saturated rings. The molecule has 1 saturated heterocycles. The number of halogens is 1. The maximum absolute atomic E-state index is 12.6. The highest BCUT2D eigenvalue weighted by Crippen LogP contribution is 2.22. The molecule has 1 atom stereocenters. The van der Waals surface area contributed by atoms with E-state index in [0.29, 0.717) is 31.2 Å². The van der Waals surface area contributed by atoms with Crippen LogP contribution in [0.15, 0.2) is 22.9 Å². The molecule has 0 aliphatic carbocycles. The predicted octanol–water partition coefficient (Wildman–Crippen LogP) is 2.73. The quantitative estimate of drug-likeness (QED) is 0.857. The monoisotopic (exact) mass is 326 g/mol. The molecule has 19 heavy (non-hydrogen) atoms. The SMILES string of the molecule is CC(C)CC1COCCN1C(=O)c1ccncc1Br. The Labute approximate surface area is 122 Å². The first-order chi connectivity index (χ1) is 9.09. The molecule has 1 unspecified atom stereocenters. The molecule has 1 amide bonds. The number of ether oxygens (including phenoxy) is 1. The first-order valence-corrected chi connectivity index (χ1v) is 7.37. The van der Waals surface area contributed by atoms with Crippen molar-refractivity contribution in [2.24, 2.45) is 5.92 Å². The fourth-order valence-electron chi connectivity index (χ4n) is 2.36. The van der Waals surface area contributed by atoms with Crippen LogP contribution in [-0.4, -0.2) is 41.6 Å². The average Bonchev–Trinajstić information content (AvgIpc) is 2.38. The van der Waals surface area contributed by atoms with Gasteiger partial charge in [-0.2, -0.15) is 0 Å². The molecule has 1 aromatic rings. The average molecular weight is 327 g/mol. The van der Waals surface area contributed by atoms with Gasteiger partial charge in [0, 0.05) is 23.4 Å². The van der Waals surface area contributed by atoms with Gasteiger partial charge in [0.1, 0.15) is 0 Å². The molecule has 104 valence electrons. The standard InChI is InChI=1S/C14H19BrN2O2/c1-10(2)7-11-9-19-6-5-17(11)14(18)12-3-4-16-8-13(12)15/h3-4,8,10-11H,5-7,9H2,1-2H3. The Kier molecular flexibility index (Phi) is 4.93. The van der Waals surface area contributed by atoms with Gasteiger partial charge in [-0.1, -0.05) is 13.8 Å². The van der Waals surface area contributed by atoms with Crippen molar-refractivity contribution in [2.45, 2.75) is 26.3 Å². The zero-order valence-electron chi connectivity index (χ0n) is 11.3. The Hall–Kier alpha value is -0.940. The van der Waals surface area contributed by atoms with Gasteiger partial charge in [-0.3, -0.25) is 9.78 Å². The highest BCUT2D eigenvalue weighted by molar-refractivity contribution is 9.10. The van der Waals surface area contributed by atoms with Crippen LogP contribution in [0.2, 0.25) is 0 Å². The lowest BCUT2D eigenvalue weighted by molar-refractivity contribution is -0.00751. The number of carbonyl (C=O) groups excluding carboxylic acids is 1. The normalized spacial score (nSPS) is 19.8. The van der Waals surface area contributed by atoms with Crippen LogP contribution in [0.4, 0.5) is 0 Å². The third kappa shape index (κ3) is 3.54. The van der Waals surface area contributed by atoms with E-state index >= 15 is 0 Å². The van der Waals surface area contributed by atoms with E-state index in [1.165, 1.54) is 0 Å². The number of carbonyl (C=O) groups is 1. The summed E-state index contributed by atoms with van der Waals surface area (Å²) in [5.41, 5.74) is 0.672. The van der Waals surface area contributed by atoms with E-state index in [1.807, 2.05) is 4.90 Å². The molecule has 0 spiro atoms. The van der Waals surface area contributed by atoms with E-state index in [9.17, 15) is 4.79 Å². The topological polar surface area (TPSA) is 42.4 Å². The smallest absolute Gasteiger partial charge is 0.255 e. The molecule has 0 aromatic carbocycles. The van der Waals surface area contributed by atoms with Crippen molar-refractivity contribution in [3.05, 3.63) is 28.5 Å². The predicted molar refractivity (Wildman–Crippen MR) is 77.0 cm³/mol. The molecule has 1 aliphatic rings. The number of pyridine rings is 1. The minimum absolute atomic E-state index is 0.0585. The zero-order chi connectivity index (χ0) is 13.8. The van der Waals surface area contributed by atoms with Crippen LogP contribution < -0.4 is 0 Å². The van der Waals surface area contributed by atoms with Crippen LogP contribution >= 0.6 is 15.9 Å². The molecular weight excluding hydrogens is 308 g/mol. The lowest BCUT2D eigenvalue weighted by Gasteiger charge is -2.36. The Bertz CT molecular complexity index is 451. The molecule has 2 heterocycles. The third-order valence-corrected chi connectivity index (χ3v) is 3.87. The van der Waals surface area contributed by atoms with Crippen LogP contribution in [0.5, 0.6) is 0 Å². The first kappa shape index (κ1) is 14.5. The van der Waals surface area contributed by atoms with E-state index in [2.05, 4.69) is 34.8 Å². The lowest BCUT2D eigenvalue weighted by atomic mass is 10.0. The minimum Gasteiger partial charge on any atom is -0.377 e. The Morgan fingerprint density at radius 1 is 1.63 bits per heavy atom. The summed E-state index contributed by atoms with van der Waals surface area (Å²) in [5.74, 6) is 0.603. The second kappa shape index (κ2) is 6.48. The van der Waals surface area contributed by atoms with Crippen molar-refractivity contribution >= 4 is 21.8 Å². The summed E-state index contributed by atoms with van der Waals surface area (Å²) in [6, 6.07) is 1.93. The van der Waals surface area contributed by atoms with Crippen molar-refractivity contribution in [2.75, 3.05) is 19.8 Å². The van der Waals surface area contributed by atoms with Gasteiger partial charge < -0.3 is 9.64 Å². The number of aromatic nitrogens is 1. The number of rotatable bonds is 3. The van der Waals surface area contributed by atoms with Gasteiger partial charge in [-0.25, -0.2) is 0 Å². The van der Waals surface area contributed by atoms with E-state index in [1.54, 1.807) is 18.5 Å². The van der Waals surface area contributed by atoms with Crippen molar-refractivity contribution in [3.63, 3.8) is 0 Å². The van der Waals surface area contributed by atoms with Crippen LogP contribution in [0.25, 0.3) is 0 Å². The molecular formula is C14H19BrN2O2. The van der Waals surface area contributed by atoms with Gasteiger partial charge in [-0.15, -0.1) is 0 Å². The van der Waals surface area contributed by atoms with E-state index in [-0.39, 0.29) is 11.9 Å². The lowest BCUT2D eigenvalue weighted by Crippen LogP contribution is -2.49. The summed E-state index contributed by atoms with van der Waals surface area (Å²) < 4.78 is 6.26. The molecule has 1 aliphatic heterocycles. The summed E-state index contributed by atoms with van der Waals surface area (Å²) in [7, 11) is 0. The molecule has 1 aromatic heterocycles. The van der Waals surface area contributed by atoms with Crippen LogP contribution in [0.3, 0.4) is 0 Å². The van der Waals surface area contributed by atoms with Crippen LogP contribution in [0, 0.1) is 5.92 Å². The molecule has 0 bridgehead atoms. The summed E-state index contributed by atoms with van der Waals surface area (Å²) >= 11 is 3.39. The van der Waals surface area contributed by atoms with Crippen molar-refractivity contribution < 1.29 is 9.53 Å². The summed E-state index contributed by atoms with van der Waals surface area (Å²) in [4.78, 5) is 18.6. The maximum atomic E-state index is 12.6. The van der Waals surface area contributed by atoms with Gasteiger partial charge in [0.2, 0.25) is 0 Å². The van der Waals surface area contributed by atoms with Crippen LogP contribution in [-0.2, 0) is 4.74 Å². The Morgan fingerprint density at radius 3 is 3.11 bits per heavy atom. The van der Waals surface area contributed by atoms with Gasteiger partial charge in [0.25, 0.3) is 5.91 Å². The highest BCUT2D eigenvalue weighted by Gasteiger charge is 2.29. The largest absolute Gasteiger partial charge is 0.377 e. The highest BCUT2D eigenvalue weighted by atomic mass is 79.9. The van der Waals surface area contributed by atoms with Gasteiger partial charge in [0.15, 0.2) is 0 Å². The van der Waals surface area contributed by atoms with Gasteiger partial charge >= 0.3 is 0 Å². The van der Waals surface area contributed by atoms with Crippen LogP contribution in [0.1, 0.15) is 30.6 Å². The van der Waals surface area contributed by atoms with Crippen molar-refractivity contribution in [1.82, 2.24) is 9.88 Å². The number of morpholine rings is 1. The van der Waals surface area contributed by atoms with Crippen molar-refractivity contribution in [1.29, 1.82) is 0 Å². The molecule has 4 nitrogen and oxygen atoms in total. The molecule has 0 radical (unpaired) electrons. The summed E-state index contributed by atoms with van der Waals surface area (Å²) in [5, 5.41) is 0. The van der Waals surface area contributed by atoms with Gasteiger partial charge in [-0.05, 0) is 34.3 Å². The molecule has 0 N–H and O–H groups in total. The molecule has 0 saturated carbocycles. The number of hydrogen-bond donors (Lipinski definition) is 0. The fourth-order valence-corrected chi connectivity index (χ4v) is 2.78. The number of hydrogen-bond acceptors (Lipinski definition) is 3. The third-order valence-electron chi connectivity index (χ3n) is 3.23.